The van der Waals surface area contributed by atoms with E-state index in [9.17, 15) is 9.90 Å². The van der Waals surface area contributed by atoms with E-state index in [1.165, 1.54) is 19.3 Å². The highest BCUT2D eigenvalue weighted by atomic mass is 16.3. The summed E-state index contributed by atoms with van der Waals surface area (Å²) >= 11 is 0. The SMILES string of the molecule is CC(CCCC(C)(C)O)[C@H]1CC[C@H]2C(=O)CCC[C@]12C. The zero-order valence-electron chi connectivity index (χ0n) is 13.7. The van der Waals surface area contributed by atoms with Gasteiger partial charge in [0.1, 0.15) is 5.78 Å². The number of ketones is 1. The molecule has 0 amide bonds. The van der Waals surface area contributed by atoms with Crippen LogP contribution in [0.15, 0.2) is 0 Å². The predicted molar refractivity (Wildman–Crippen MR) is 82.5 cm³/mol. The van der Waals surface area contributed by atoms with Crippen molar-refractivity contribution in [3.8, 4) is 0 Å². The fraction of sp³-hybridized carbons (Fsp3) is 0.944. The van der Waals surface area contributed by atoms with Crippen molar-refractivity contribution in [2.45, 2.75) is 84.7 Å². The molecule has 0 aromatic heterocycles. The Balaban J connectivity index is 1.93. The number of fused-ring (bicyclic) bond motifs is 1. The summed E-state index contributed by atoms with van der Waals surface area (Å²) in [6, 6.07) is 0. The lowest BCUT2D eigenvalue weighted by Gasteiger charge is -2.42. The highest BCUT2D eigenvalue weighted by Gasteiger charge is 2.52. The van der Waals surface area contributed by atoms with Crippen LogP contribution in [0.1, 0.15) is 79.1 Å². The Morgan fingerprint density at radius 3 is 2.75 bits per heavy atom. The van der Waals surface area contributed by atoms with E-state index in [4.69, 9.17) is 0 Å². The Labute approximate surface area is 124 Å². The van der Waals surface area contributed by atoms with E-state index in [2.05, 4.69) is 13.8 Å². The minimum atomic E-state index is -0.539. The van der Waals surface area contributed by atoms with Crippen LogP contribution in [0.3, 0.4) is 0 Å². The zero-order valence-corrected chi connectivity index (χ0v) is 13.7. The molecule has 2 saturated carbocycles. The molecule has 1 N–H and O–H groups in total. The molecule has 2 nitrogen and oxygen atoms in total. The summed E-state index contributed by atoms with van der Waals surface area (Å²) in [6.07, 6.45) is 8.67. The van der Waals surface area contributed by atoms with Crippen molar-refractivity contribution in [2.24, 2.45) is 23.2 Å². The number of carbonyl (C=O) groups excluding carboxylic acids is 1. The Bertz CT molecular complexity index is 355. The van der Waals surface area contributed by atoms with Gasteiger partial charge in [0, 0.05) is 12.3 Å². The average Bonchev–Trinajstić information content (AvgIpc) is 2.66. The van der Waals surface area contributed by atoms with Crippen LogP contribution in [-0.2, 0) is 4.79 Å². The number of rotatable bonds is 5. The van der Waals surface area contributed by atoms with Gasteiger partial charge in [0.2, 0.25) is 0 Å². The van der Waals surface area contributed by atoms with Crippen LogP contribution in [-0.4, -0.2) is 16.5 Å². The first-order chi connectivity index (χ1) is 9.24. The van der Waals surface area contributed by atoms with E-state index in [1.807, 2.05) is 13.8 Å². The van der Waals surface area contributed by atoms with Crippen LogP contribution >= 0.6 is 0 Å². The molecule has 0 saturated heterocycles. The monoisotopic (exact) mass is 280 g/mol. The number of carbonyl (C=O) groups is 1. The van der Waals surface area contributed by atoms with Crippen LogP contribution in [0.4, 0.5) is 0 Å². The third-order valence-electron chi connectivity index (χ3n) is 6.07. The standard InChI is InChI=1S/C18H32O2/c1-13(7-5-11-17(2,3)20)14-9-10-15-16(19)8-6-12-18(14,15)4/h13-15,20H,5-12H2,1-4H3/t13?,14-,15+,18-/m1/s1. The molecule has 0 aromatic rings. The minimum Gasteiger partial charge on any atom is -0.390 e. The van der Waals surface area contributed by atoms with E-state index in [1.54, 1.807) is 0 Å². The summed E-state index contributed by atoms with van der Waals surface area (Å²) in [5, 5.41) is 9.82. The molecule has 4 atom stereocenters. The number of hydrogen-bond donors (Lipinski definition) is 1. The number of aliphatic hydroxyl groups is 1. The predicted octanol–water partition coefficient (Wildman–Crippen LogP) is 4.35. The molecule has 2 fully saturated rings. The van der Waals surface area contributed by atoms with E-state index >= 15 is 0 Å². The molecule has 0 heterocycles. The molecule has 0 aromatic carbocycles. The van der Waals surface area contributed by atoms with Gasteiger partial charge in [-0.05, 0) is 63.2 Å². The lowest BCUT2D eigenvalue weighted by atomic mass is 9.62. The summed E-state index contributed by atoms with van der Waals surface area (Å²) in [7, 11) is 0. The minimum absolute atomic E-state index is 0.267. The third-order valence-corrected chi connectivity index (χ3v) is 6.07. The van der Waals surface area contributed by atoms with Gasteiger partial charge in [-0.3, -0.25) is 4.79 Å². The lowest BCUT2D eigenvalue weighted by molar-refractivity contribution is -0.130. The summed E-state index contributed by atoms with van der Waals surface area (Å²) < 4.78 is 0. The van der Waals surface area contributed by atoms with Crippen molar-refractivity contribution < 1.29 is 9.90 Å². The van der Waals surface area contributed by atoms with Crippen molar-refractivity contribution in [3.05, 3.63) is 0 Å². The Morgan fingerprint density at radius 2 is 2.10 bits per heavy atom. The summed E-state index contributed by atoms with van der Waals surface area (Å²) in [5.41, 5.74) is -0.272. The maximum atomic E-state index is 12.2. The van der Waals surface area contributed by atoms with Gasteiger partial charge in [0.15, 0.2) is 0 Å². The molecule has 0 spiro atoms. The van der Waals surface area contributed by atoms with E-state index in [-0.39, 0.29) is 5.41 Å². The van der Waals surface area contributed by atoms with Gasteiger partial charge in [0.25, 0.3) is 0 Å². The molecule has 1 unspecified atom stereocenters. The van der Waals surface area contributed by atoms with E-state index in [0.717, 1.165) is 32.1 Å². The van der Waals surface area contributed by atoms with Crippen molar-refractivity contribution in [2.75, 3.05) is 0 Å². The molecular formula is C18H32O2. The highest BCUT2D eigenvalue weighted by molar-refractivity contribution is 5.83. The van der Waals surface area contributed by atoms with Crippen LogP contribution in [0.5, 0.6) is 0 Å². The molecule has 116 valence electrons. The van der Waals surface area contributed by atoms with Gasteiger partial charge in [-0.25, -0.2) is 0 Å². The average molecular weight is 280 g/mol. The van der Waals surface area contributed by atoms with Crippen LogP contribution < -0.4 is 0 Å². The molecule has 20 heavy (non-hydrogen) atoms. The fourth-order valence-electron chi connectivity index (χ4n) is 4.96. The van der Waals surface area contributed by atoms with Crippen LogP contribution in [0, 0.1) is 23.2 Å². The number of Topliss-reactive ketones (excluding diaryl/α,β-unsaturated/α-hetero) is 1. The molecule has 2 aliphatic rings. The topological polar surface area (TPSA) is 37.3 Å². The molecule has 2 aliphatic carbocycles. The van der Waals surface area contributed by atoms with Crippen molar-refractivity contribution in [1.82, 2.24) is 0 Å². The first kappa shape index (κ1) is 16.0. The molecule has 0 radical (unpaired) electrons. The maximum absolute atomic E-state index is 12.2. The van der Waals surface area contributed by atoms with Crippen molar-refractivity contribution >= 4 is 5.78 Å². The molecule has 2 rings (SSSR count). The maximum Gasteiger partial charge on any atom is 0.136 e. The second kappa shape index (κ2) is 5.79. The van der Waals surface area contributed by atoms with Crippen LogP contribution in [0.2, 0.25) is 0 Å². The second-order valence-corrected chi connectivity index (χ2v) is 8.24. The van der Waals surface area contributed by atoms with Gasteiger partial charge in [-0.15, -0.1) is 0 Å². The van der Waals surface area contributed by atoms with Crippen molar-refractivity contribution in [1.29, 1.82) is 0 Å². The van der Waals surface area contributed by atoms with E-state index < -0.39 is 5.60 Å². The Kier molecular flexibility index (Phi) is 4.63. The second-order valence-electron chi connectivity index (χ2n) is 8.24. The van der Waals surface area contributed by atoms with E-state index in [0.29, 0.717) is 23.5 Å². The molecule has 0 aliphatic heterocycles. The Morgan fingerprint density at radius 1 is 1.40 bits per heavy atom. The lowest BCUT2D eigenvalue weighted by Crippen LogP contribution is -2.39. The van der Waals surface area contributed by atoms with Gasteiger partial charge >= 0.3 is 0 Å². The first-order valence-electron chi connectivity index (χ1n) is 8.49. The zero-order chi connectivity index (χ0) is 15.0. The molecule has 0 bridgehead atoms. The normalized spacial score (nSPS) is 36.0. The van der Waals surface area contributed by atoms with Gasteiger partial charge < -0.3 is 5.11 Å². The molecular weight excluding hydrogens is 248 g/mol. The van der Waals surface area contributed by atoms with Crippen molar-refractivity contribution in [3.63, 3.8) is 0 Å². The van der Waals surface area contributed by atoms with Gasteiger partial charge in [0.05, 0.1) is 5.60 Å². The Hall–Kier alpha value is -0.370. The summed E-state index contributed by atoms with van der Waals surface area (Å²) in [4.78, 5) is 12.2. The molecule has 2 heteroatoms. The highest BCUT2D eigenvalue weighted by Crippen LogP contribution is 2.57. The third kappa shape index (κ3) is 3.27. The largest absolute Gasteiger partial charge is 0.390 e. The number of hydrogen-bond acceptors (Lipinski definition) is 2. The fourth-order valence-corrected chi connectivity index (χ4v) is 4.96. The quantitative estimate of drug-likeness (QED) is 0.813. The summed E-state index contributed by atoms with van der Waals surface area (Å²) in [5.74, 6) is 2.26. The smallest absolute Gasteiger partial charge is 0.136 e. The summed E-state index contributed by atoms with van der Waals surface area (Å²) in [6.45, 7) is 8.52. The van der Waals surface area contributed by atoms with Gasteiger partial charge in [-0.2, -0.15) is 0 Å². The van der Waals surface area contributed by atoms with Crippen LogP contribution in [0.25, 0.3) is 0 Å². The van der Waals surface area contributed by atoms with Gasteiger partial charge in [-0.1, -0.05) is 26.7 Å². The first-order valence-corrected chi connectivity index (χ1v) is 8.49.